The average Bonchev–Trinajstić information content (AvgIpc) is 2.77. The van der Waals surface area contributed by atoms with Crippen LogP contribution in [-0.2, 0) is 4.74 Å². The van der Waals surface area contributed by atoms with Crippen LogP contribution in [0.4, 0.5) is 0 Å². The van der Waals surface area contributed by atoms with Crippen LogP contribution in [0.3, 0.4) is 0 Å². The molecule has 2 aromatic carbocycles. The lowest BCUT2D eigenvalue weighted by molar-refractivity contribution is 0.0452. The first-order valence-electron chi connectivity index (χ1n) is 5.74. The zero-order valence-electron chi connectivity index (χ0n) is 9.92. The van der Waals surface area contributed by atoms with Crippen molar-refractivity contribution in [2.45, 2.75) is 6.10 Å². The van der Waals surface area contributed by atoms with E-state index in [1.54, 1.807) is 13.2 Å². The number of fused-ring (bicyclic) bond motifs is 1. The molecule has 0 aromatic heterocycles. The standard InChI is InChI=1S/C15H12O3/c1-17-13-9-5-4-8-12(13)14-10-6-2-3-7-11(10)15(16)18-14/h2-9,14H,1H3. The van der Waals surface area contributed by atoms with E-state index in [1.807, 2.05) is 42.5 Å². The SMILES string of the molecule is COc1ccccc1C1OC(=O)c2ccccc21. The molecule has 2 aromatic rings. The van der Waals surface area contributed by atoms with Crippen LogP contribution in [-0.4, -0.2) is 13.1 Å². The smallest absolute Gasteiger partial charge is 0.339 e. The van der Waals surface area contributed by atoms with E-state index in [9.17, 15) is 4.79 Å². The lowest BCUT2D eigenvalue weighted by Gasteiger charge is -2.14. The molecule has 1 aliphatic rings. The first kappa shape index (κ1) is 10.8. The van der Waals surface area contributed by atoms with Gasteiger partial charge in [-0.2, -0.15) is 0 Å². The third-order valence-corrected chi connectivity index (χ3v) is 3.11. The Morgan fingerprint density at radius 2 is 1.67 bits per heavy atom. The monoisotopic (exact) mass is 240 g/mol. The molecule has 0 saturated carbocycles. The molecule has 0 N–H and O–H groups in total. The van der Waals surface area contributed by atoms with Crippen molar-refractivity contribution in [3.8, 4) is 5.75 Å². The molecule has 0 fully saturated rings. The van der Waals surface area contributed by atoms with E-state index in [1.165, 1.54) is 0 Å². The first-order valence-corrected chi connectivity index (χ1v) is 5.74. The largest absolute Gasteiger partial charge is 0.496 e. The van der Waals surface area contributed by atoms with Gasteiger partial charge < -0.3 is 9.47 Å². The Kier molecular flexibility index (Phi) is 2.52. The Balaban J connectivity index is 2.12. The van der Waals surface area contributed by atoms with E-state index in [2.05, 4.69) is 0 Å². The van der Waals surface area contributed by atoms with Crippen LogP contribution >= 0.6 is 0 Å². The van der Waals surface area contributed by atoms with E-state index in [4.69, 9.17) is 9.47 Å². The maximum Gasteiger partial charge on any atom is 0.339 e. The molecule has 18 heavy (non-hydrogen) atoms. The fraction of sp³-hybridized carbons (Fsp3) is 0.133. The summed E-state index contributed by atoms with van der Waals surface area (Å²) in [6, 6.07) is 15.0. The third kappa shape index (κ3) is 1.56. The second-order valence-corrected chi connectivity index (χ2v) is 4.11. The van der Waals surface area contributed by atoms with Crippen LogP contribution in [0.2, 0.25) is 0 Å². The number of rotatable bonds is 2. The number of esters is 1. The minimum Gasteiger partial charge on any atom is -0.496 e. The van der Waals surface area contributed by atoms with Gasteiger partial charge in [0.1, 0.15) is 5.75 Å². The number of benzene rings is 2. The van der Waals surface area contributed by atoms with Crippen LogP contribution in [0, 0.1) is 0 Å². The van der Waals surface area contributed by atoms with Crippen molar-refractivity contribution in [2.75, 3.05) is 7.11 Å². The number of carbonyl (C=O) groups is 1. The number of hydrogen-bond donors (Lipinski definition) is 0. The summed E-state index contributed by atoms with van der Waals surface area (Å²) in [7, 11) is 1.61. The molecule has 0 amide bonds. The minimum atomic E-state index is -0.371. The molecule has 1 atom stereocenters. The maximum absolute atomic E-state index is 11.8. The van der Waals surface area contributed by atoms with Crippen molar-refractivity contribution in [3.05, 3.63) is 65.2 Å². The molecule has 3 heteroatoms. The lowest BCUT2D eigenvalue weighted by atomic mass is 9.99. The summed E-state index contributed by atoms with van der Waals surface area (Å²) in [6.45, 7) is 0. The summed E-state index contributed by atoms with van der Waals surface area (Å²) in [4.78, 5) is 11.8. The molecule has 90 valence electrons. The van der Waals surface area contributed by atoms with Crippen molar-refractivity contribution in [3.63, 3.8) is 0 Å². The average molecular weight is 240 g/mol. The molecule has 0 aliphatic carbocycles. The molecule has 3 rings (SSSR count). The molecule has 0 radical (unpaired) electrons. The Hall–Kier alpha value is -2.29. The molecule has 1 heterocycles. The number of para-hydroxylation sites is 1. The number of cyclic esters (lactones) is 1. The number of methoxy groups -OCH3 is 1. The van der Waals surface area contributed by atoms with Gasteiger partial charge in [0.25, 0.3) is 0 Å². The van der Waals surface area contributed by atoms with Gasteiger partial charge in [0.15, 0.2) is 6.10 Å². The maximum atomic E-state index is 11.8. The Morgan fingerprint density at radius 1 is 1.00 bits per heavy atom. The van der Waals surface area contributed by atoms with Gasteiger partial charge in [0.05, 0.1) is 12.7 Å². The summed E-state index contributed by atoms with van der Waals surface area (Å²) < 4.78 is 10.8. The van der Waals surface area contributed by atoms with Crippen molar-refractivity contribution in [1.29, 1.82) is 0 Å². The second kappa shape index (κ2) is 4.18. The van der Waals surface area contributed by atoms with Crippen LogP contribution in [0.25, 0.3) is 0 Å². The molecule has 1 unspecified atom stereocenters. The summed E-state index contributed by atoms with van der Waals surface area (Å²) in [5, 5.41) is 0. The summed E-state index contributed by atoms with van der Waals surface area (Å²) in [6.07, 6.45) is -0.371. The van der Waals surface area contributed by atoms with Crippen LogP contribution in [0.5, 0.6) is 5.75 Å². The van der Waals surface area contributed by atoms with Crippen molar-refractivity contribution < 1.29 is 14.3 Å². The molecular weight excluding hydrogens is 228 g/mol. The quantitative estimate of drug-likeness (QED) is 0.757. The Morgan fingerprint density at radius 3 is 2.44 bits per heavy atom. The van der Waals surface area contributed by atoms with E-state index in [0.717, 1.165) is 16.9 Å². The van der Waals surface area contributed by atoms with Gasteiger partial charge >= 0.3 is 5.97 Å². The highest BCUT2D eigenvalue weighted by molar-refractivity contribution is 5.94. The van der Waals surface area contributed by atoms with Crippen molar-refractivity contribution in [1.82, 2.24) is 0 Å². The predicted molar refractivity (Wildman–Crippen MR) is 66.7 cm³/mol. The zero-order valence-corrected chi connectivity index (χ0v) is 9.92. The van der Waals surface area contributed by atoms with Gasteiger partial charge in [-0.15, -0.1) is 0 Å². The number of carbonyl (C=O) groups excluding carboxylic acids is 1. The minimum absolute atomic E-state index is 0.276. The normalized spacial score (nSPS) is 17.2. The summed E-state index contributed by atoms with van der Waals surface area (Å²) >= 11 is 0. The number of ether oxygens (including phenoxy) is 2. The fourth-order valence-corrected chi connectivity index (χ4v) is 2.26. The molecule has 0 bridgehead atoms. The van der Waals surface area contributed by atoms with Gasteiger partial charge in [-0.05, 0) is 12.1 Å². The van der Waals surface area contributed by atoms with Gasteiger partial charge in [0, 0.05) is 11.1 Å². The van der Waals surface area contributed by atoms with Gasteiger partial charge in [-0.25, -0.2) is 4.79 Å². The van der Waals surface area contributed by atoms with E-state index >= 15 is 0 Å². The predicted octanol–water partition coefficient (Wildman–Crippen LogP) is 2.96. The zero-order chi connectivity index (χ0) is 12.5. The molecular formula is C15H12O3. The second-order valence-electron chi connectivity index (χ2n) is 4.11. The van der Waals surface area contributed by atoms with E-state index < -0.39 is 0 Å². The highest BCUT2D eigenvalue weighted by Crippen LogP contribution is 2.39. The van der Waals surface area contributed by atoms with Crippen LogP contribution < -0.4 is 4.74 Å². The molecule has 3 nitrogen and oxygen atoms in total. The molecule has 1 aliphatic heterocycles. The van der Waals surface area contributed by atoms with Crippen molar-refractivity contribution in [2.24, 2.45) is 0 Å². The Bertz CT molecular complexity index is 604. The van der Waals surface area contributed by atoms with Gasteiger partial charge in [0.2, 0.25) is 0 Å². The van der Waals surface area contributed by atoms with E-state index in [-0.39, 0.29) is 12.1 Å². The van der Waals surface area contributed by atoms with E-state index in [0.29, 0.717) is 5.56 Å². The van der Waals surface area contributed by atoms with Gasteiger partial charge in [-0.3, -0.25) is 0 Å². The van der Waals surface area contributed by atoms with Gasteiger partial charge in [-0.1, -0.05) is 36.4 Å². The Labute approximate surface area is 105 Å². The first-order chi connectivity index (χ1) is 8.81. The highest BCUT2D eigenvalue weighted by Gasteiger charge is 2.33. The lowest BCUT2D eigenvalue weighted by Crippen LogP contribution is -2.02. The third-order valence-electron chi connectivity index (χ3n) is 3.11. The molecule has 0 saturated heterocycles. The van der Waals surface area contributed by atoms with Crippen LogP contribution in [0.1, 0.15) is 27.6 Å². The van der Waals surface area contributed by atoms with Crippen LogP contribution in [0.15, 0.2) is 48.5 Å². The van der Waals surface area contributed by atoms with Crippen molar-refractivity contribution >= 4 is 5.97 Å². The summed E-state index contributed by atoms with van der Waals surface area (Å²) in [5.41, 5.74) is 2.40. The fourth-order valence-electron chi connectivity index (χ4n) is 2.26. The highest BCUT2D eigenvalue weighted by atomic mass is 16.6. The number of hydrogen-bond acceptors (Lipinski definition) is 3. The molecule has 0 spiro atoms. The summed E-state index contributed by atoms with van der Waals surface area (Å²) in [5.74, 6) is 0.452. The topological polar surface area (TPSA) is 35.5 Å².